The van der Waals surface area contributed by atoms with Gasteiger partial charge in [-0.05, 0) is 42.0 Å². The lowest BCUT2D eigenvalue weighted by Crippen LogP contribution is -2.24. The fourth-order valence-corrected chi connectivity index (χ4v) is 2.60. The second kappa shape index (κ2) is 7.82. The molecule has 1 amide bonds. The molecule has 0 spiro atoms. The summed E-state index contributed by atoms with van der Waals surface area (Å²) in [5.74, 6) is -3.23. The fraction of sp³-hybridized carbons (Fsp3) is 0.100. The van der Waals surface area contributed by atoms with Gasteiger partial charge in [-0.1, -0.05) is 18.2 Å². The summed E-state index contributed by atoms with van der Waals surface area (Å²) in [6.07, 6.45) is 1.86. The molecule has 0 aliphatic rings. The standard InChI is InChI=1S/C20H15F3N2O/c21-14-6-4-13(5-7-14)17(12-16-3-1-2-10-24-16)20(26)25-19-9-8-15(22)11-18(19)23/h1-11,17H,12H2,(H,25,26). The van der Waals surface area contributed by atoms with Gasteiger partial charge in [0.15, 0.2) is 0 Å². The zero-order valence-electron chi connectivity index (χ0n) is 13.6. The molecule has 3 rings (SSSR count). The van der Waals surface area contributed by atoms with Crippen molar-refractivity contribution in [2.24, 2.45) is 0 Å². The summed E-state index contributed by atoms with van der Waals surface area (Å²) in [7, 11) is 0. The van der Waals surface area contributed by atoms with Crippen LogP contribution >= 0.6 is 0 Å². The van der Waals surface area contributed by atoms with E-state index in [1.807, 2.05) is 0 Å². The van der Waals surface area contributed by atoms with Crippen LogP contribution in [0.5, 0.6) is 0 Å². The van der Waals surface area contributed by atoms with Crippen LogP contribution < -0.4 is 5.32 Å². The Balaban J connectivity index is 1.88. The van der Waals surface area contributed by atoms with E-state index in [1.54, 1.807) is 24.4 Å². The molecule has 3 nitrogen and oxygen atoms in total. The van der Waals surface area contributed by atoms with Crippen molar-refractivity contribution < 1.29 is 18.0 Å². The molecule has 0 fully saturated rings. The van der Waals surface area contributed by atoms with Gasteiger partial charge in [0.05, 0.1) is 11.6 Å². The number of pyridine rings is 1. The van der Waals surface area contributed by atoms with E-state index < -0.39 is 29.3 Å². The molecule has 26 heavy (non-hydrogen) atoms. The molecule has 0 aliphatic heterocycles. The van der Waals surface area contributed by atoms with Gasteiger partial charge in [-0.25, -0.2) is 13.2 Å². The predicted octanol–water partition coefficient (Wildman–Crippen LogP) is 4.46. The number of hydrogen-bond acceptors (Lipinski definition) is 2. The van der Waals surface area contributed by atoms with E-state index in [9.17, 15) is 18.0 Å². The number of carbonyl (C=O) groups excluding carboxylic acids is 1. The van der Waals surface area contributed by atoms with E-state index >= 15 is 0 Å². The predicted molar refractivity (Wildman–Crippen MR) is 92.1 cm³/mol. The van der Waals surface area contributed by atoms with Crippen LogP contribution in [0.15, 0.2) is 66.9 Å². The minimum absolute atomic E-state index is 0.121. The quantitative estimate of drug-likeness (QED) is 0.733. The summed E-state index contributed by atoms with van der Waals surface area (Å²) in [5.41, 5.74) is 1.11. The van der Waals surface area contributed by atoms with Crippen molar-refractivity contribution in [3.05, 3.63) is 95.6 Å². The van der Waals surface area contributed by atoms with Gasteiger partial charge in [0.2, 0.25) is 5.91 Å². The van der Waals surface area contributed by atoms with E-state index in [0.29, 0.717) is 17.3 Å². The van der Waals surface area contributed by atoms with Gasteiger partial charge < -0.3 is 5.32 Å². The van der Waals surface area contributed by atoms with Crippen LogP contribution in [0, 0.1) is 17.5 Å². The summed E-state index contributed by atoms with van der Waals surface area (Å²) >= 11 is 0. The highest BCUT2D eigenvalue weighted by Gasteiger charge is 2.23. The van der Waals surface area contributed by atoms with Gasteiger partial charge in [-0.3, -0.25) is 9.78 Å². The lowest BCUT2D eigenvalue weighted by atomic mass is 9.93. The van der Waals surface area contributed by atoms with E-state index in [4.69, 9.17) is 0 Å². The van der Waals surface area contributed by atoms with Crippen LogP contribution in [0.3, 0.4) is 0 Å². The van der Waals surface area contributed by atoms with E-state index in [0.717, 1.165) is 12.1 Å². The van der Waals surface area contributed by atoms with Gasteiger partial charge in [0.1, 0.15) is 17.5 Å². The number of anilines is 1. The molecule has 0 aliphatic carbocycles. The summed E-state index contributed by atoms with van der Waals surface area (Å²) in [5, 5.41) is 2.47. The molecule has 132 valence electrons. The lowest BCUT2D eigenvalue weighted by Gasteiger charge is -2.17. The molecule has 2 aromatic carbocycles. The molecule has 1 unspecified atom stereocenters. The third-order valence-electron chi connectivity index (χ3n) is 3.92. The van der Waals surface area contributed by atoms with Gasteiger partial charge in [-0.2, -0.15) is 0 Å². The number of aromatic nitrogens is 1. The van der Waals surface area contributed by atoms with Crippen LogP contribution in [0.25, 0.3) is 0 Å². The largest absolute Gasteiger partial charge is 0.323 e. The van der Waals surface area contributed by atoms with E-state index in [2.05, 4.69) is 10.3 Å². The second-order valence-corrected chi connectivity index (χ2v) is 5.74. The first-order valence-corrected chi connectivity index (χ1v) is 7.94. The lowest BCUT2D eigenvalue weighted by molar-refractivity contribution is -0.117. The average Bonchev–Trinajstić information content (AvgIpc) is 2.64. The summed E-state index contributed by atoms with van der Waals surface area (Å²) in [4.78, 5) is 16.9. The highest BCUT2D eigenvalue weighted by molar-refractivity contribution is 5.96. The summed E-state index contributed by atoms with van der Waals surface area (Å²) in [6, 6.07) is 13.7. The van der Waals surface area contributed by atoms with Crippen LogP contribution in [0.1, 0.15) is 17.2 Å². The smallest absolute Gasteiger partial charge is 0.232 e. The summed E-state index contributed by atoms with van der Waals surface area (Å²) in [6.45, 7) is 0. The Hall–Kier alpha value is -3.15. The monoisotopic (exact) mass is 356 g/mol. The number of halogens is 3. The molecule has 1 aromatic heterocycles. The zero-order valence-corrected chi connectivity index (χ0v) is 13.6. The molecular formula is C20H15F3N2O. The van der Waals surface area contributed by atoms with Gasteiger partial charge in [0, 0.05) is 24.4 Å². The SMILES string of the molecule is O=C(Nc1ccc(F)cc1F)C(Cc1ccccn1)c1ccc(F)cc1. The van der Waals surface area contributed by atoms with Crippen LogP contribution in [0.4, 0.5) is 18.9 Å². The van der Waals surface area contributed by atoms with E-state index in [1.165, 1.54) is 24.3 Å². The van der Waals surface area contributed by atoms with Crippen molar-refractivity contribution >= 4 is 11.6 Å². The van der Waals surface area contributed by atoms with Crippen molar-refractivity contribution in [2.45, 2.75) is 12.3 Å². The highest BCUT2D eigenvalue weighted by atomic mass is 19.1. The maximum absolute atomic E-state index is 13.8. The first-order valence-electron chi connectivity index (χ1n) is 7.94. The number of carbonyl (C=O) groups is 1. The molecule has 1 heterocycles. The maximum Gasteiger partial charge on any atom is 0.232 e. The zero-order chi connectivity index (χ0) is 18.5. The number of hydrogen-bond donors (Lipinski definition) is 1. The molecular weight excluding hydrogens is 341 g/mol. The Morgan fingerprint density at radius 2 is 1.69 bits per heavy atom. The molecule has 1 N–H and O–H groups in total. The first-order chi connectivity index (χ1) is 12.5. The molecule has 0 saturated carbocycles. The Labute approximate surface area is 148 Å². The Kier molecular flexibility index (Phi) is 5.31. The number of benzene rings is 2. The summed E-state index contributed by atoms with van der Waals surface area (Å²) < 4.78 is 40.1. The minimum atomic E-state index is -0.867. The van der Waals surface area contributed by atoms with E-state index in [-0.39, 0.29) is 12.1 Å². The molecule has 0 radical (unpaired) electrons. The Morgan fingerprint density at radius 3 is 2.35 bits per heavy atom. The molecule has 1 atom stereocenters. The normalized spacial score (nSPS) is 11.8. The fourth-order valence-electron chi connectivity index (χ4n) is 2.60. The molecule has 0 bridgehead atoms. The third-order valence-corrected chi connectivity index (χ3v) is 3.92. The van der Waals surface area contributed by atoms with Crippen molar-refractivity contribution in [3.63, 3.8) is 0 Å². The van der Waals surface area contributed by atoms with Gasteiger partial charge >= 0.3 is 0 Å². The van der Waals surface area contributed by atoms with Crippen molar-refractivity contribution in [1.29, 1.82) is 0 Å². The van der Waals surface area contributed by atoms with Crippen molar-refractivity contribution in [1.82, 2.24) is 4.98 Å². The number of nitrogens with one attached hydrogen (secondary N) is 1. The minimum Gasteiger partial charge on any atom is -0.323 e. The highest BCUT2D eigenvalue weighted by Crippen LogP contribution is 2.24. The van der Waals surface area contributed by atoms with Crippen molar-refractivity contribution in [3.8, 4) is 0 Å². The first kappa shape index (κ1) is 17.7. The Morgan fingerprint density at radius 1 is 0.962 bits per heavy atom. The number of amides is 1. The van der Waals surface area contributed by atoms with Gasteiger partial charge in [-0.15, -0.1) is 0 Å². The third kappa shape index (κ3) is 4.27. The Bertz CT molecular complexity index is 899. The van der Waals surface area contributed by atoms with Crippen LogP contribution in [-0.2, 0) is 11.2 Å². The van der Waals surface area contributed by atoms with Crippen LogP contribution in [0.2, 0.25) is 0 Å². The average molecular weight is 356 g/mol. The molecule has 3 aromatic rings. The van der Waals surface area contributed by atoms with Gasteiger partial charge in [0.25, 0.3) is 0 Å². The van der Waals surface area contributed by atoms with Crippen molar-refractivity contribution in [2.75, 3.05) is 5.32 Å². The maximum atomic E-state index is 13.8. The van der Waals surface area contributed by atoms with Crippen LogP contribution in [-0.4, -0.2) is 10.9 Å². The topological polar surface area (TPSA) is 42.0 Å². The number of rotatable bonds is 5. The molecule has 6 heteroatoms. The second-order valence-electron chi connectivity index (χ2n) is 5.74. The molecule has 0 saturated heterocycles. The number of nitrogens with zero attached hydrogens (tertiary/aromatic N) is 1.